The average Bonchev–Trinajstić information content (AvgIpc) is 2.57. The van der Waals surface area contributed by atoms with Gasteiger partial charge in [0.1, 0.15) is 18.5 Å². The molecule has 0 aliphatic rings. The zero-order valence-electron chi connectivity index (χ0n) is 16.6. The standard InChI is InChI=1S/C21H28Cl2O3Si/c1-21(2,3)27(4,5)26-14-19(24)20-17(22)11-16(12-18(20)23)25-13-15-9-7-6-8-10-15/h6-12,19,24H,13-14H2,1-5H3/t19-/m1/s1. The lowest BCUT2D eigenvalue weighted by atomic mass is 10.1. The van der Waals surface area contributed by atoms with Gasteiger partial charge in [-0.3, -0.25) is 0 Å². The first-order valence-corrected chi connectivity index (χ1v) is 12.7. The first kappa shape index (κ1) is 22.2. The number of rotatable bonds is 7. The van der Waals surface area contributed by atoms with Gasteiger partial charge in [0, 0.05) is 5.56 Å². The van der Waals surface area contributed by atoms with Crippen LogP contribution in [0.25, 0.3) is 0 Å². The summed E-state index contributed by atoms with van der Waals surface area (Å²) in [5.74, 6) is 0.565. The van der Waals surface area contributed by atoms with E-state index in [1.165, 1.54) is 0 Å². The number of ether oxygens (including phenoxy) is 1. The molecule has 0 aliphatic carbocycles. The summed E-state index contributed by atoms with van der Waals surface area (Å²) in [6, 6.07) is 13.2. The molecule has 0 unspecified atom stereocenters. The molecule has 27 heavy (non-hydrogen) atoms. The van der Waals surface area contributed by atoms with Crippen LogP contribution in [0.1, 0.15) is 38.0 Å². The van der Waals surface area contributed by atoms with Crippen molar-refractivity contribution in [3.63, 3.8) is 0 Å². The molecule has 0 amide bonds. The van der Waals surface area contributed by atoms with Crippen molar-refractivity contribution in [2.24, 2.45) is 0 Å². The monoisotopic (exact) mass is 426 g/mol. The minimum atomic E-state index is -1.97. The van der Waals surface area contributed by atoms with E-state index in [1.54, 1.807) is 12.1 Å². The molecule has 2 aromatic carbocycles. The van der Waals surface area contributed by atoms with Gasteiger partial charge in [-0.2, -0.15) is 0 Å². The van der Waals surface area contributed by atoms with Gasteiger partial charge in [0.15, 0.2) is 8.32 Å². The number of hydrogen-bond donors (Lipinski definition) is 1. The van der Waals surface area contributed by atoms with Crippen molar-refractivity contribution in [1.29, 1.82) is 0 Å². The topological polar surface area (TPSA) is 38.7 Å². The van der Waals surface area contributed by atoms with Crippen LogP contribution in [0.4, 0.5) is 0 Å². The SMILES string of the molecule is CC(C)(C)[Si](C)(C)OC[C@@H](O)c1c(Cl)cc(OCc2ccccc2)cc1Cl. The largest absolute Gasteiger partial charge is 0.489 e. The van der Waals surface area contributed by atoms with Gasteiger partial charge in [0.05, 0.1) is 16.7 Å². The second kappa shape index (κ2) is 8.97. The summed E-state index contributed by atoms with van der Waals surface area (Å²) < 4.78 is 11.9. The van der Waals surface area contributed by atoms with Crippen LogP contribution in [-0.4, -0.2) is 20.0 Å². The van der Waals surface area contributed by atoms with Crippen LogP contribution in [-0.2, 0) is 11.0 Å². The maximum atomic E-state index is 10.6. The van der Waals surface area contributed by atoms with Gasteiger partial charge in [-0.1, -0.05) is 74.3 Å². The lowest BCUT2D eigenvalue weighted by Crippen LogP contribution is -2.41. The molecule has 3 nitrogen and oxygen atoms in total. The second-order valence-corrected chi connectivity index (χ2v) is 13.8. The minimum Gasteiger partial charge on any atom is -0.489 e. The normalized spacial score (nSPS) is 13.5. The molecular weight excluding hydrogens is 399 g/mol. The summed E-state index contributed by atoms with van der Waals surface area (Å²) in [7, 11) is -1.97. The van der Waals surface area contributed by atoms with Crippen LogP contribution in [0, 0.1) is 0 Å². The molecule has 148 valence electrons. The maximum Gasteiger partial charge on any atom is 0.192 e. The molecule has 0 saturated heterocycles. The molecule has 6 heteroatoms. The molecule has 0 saturated carbocycles. The van der Waals surface area contributed by atoms with Gasteiger partial charge in [-0.05, 0) is 35.8 Å². The molecule has 2 rings (SSSR count). The highest BCUT2D eigenvalue weighted by molar-refractivity contribution is 6.74. The average molecular weight is 427 g/mol. The third kappa shape index (κ3) is 5.97. The van der Waals surface area contributed by atoms with Crippen LogP contribution in [0.3, 0.4) is 0 Å². The highest BCUT2D eigenvalue weighted by atomic mass is 35.5. The summed E-state index contributed by atoms with van der Waals surface area (Å²) in [4.78, 5) is 0. The smallest absolute Gasteiger partial charge is 0.192 e. The Balaban J connectivity index is 2.07. The van der Waals surface area contributed by atoms with E-state index >= 15 is 0 Å². The van der Waals surface area contributed by atoms with Crippen LogP contribution in [0.2, 0.25) is 28.2 Å². The lowest BCUT2D eigenvalue weighted by molar-refractivity contribution is 0.100. The summed E-state index contributed by atoms with van der Waals surface area (Å²) in [5.41, 5.74) is 1.53. The number of aliphatic hydroxyl groups is 1. The minimum absolute atomic E-state index is 0.0649. The van der Waals surface area contributed by atoms with Crippen LogP contribution in [0.5, 0.6) is 5.75 Å². The van der Waals surface area contributed by atoms with E-state index in [9.17, 15) is 5.11 Å². The van der Waals surface area contributed by atoms with E-state index in [2.05, 4.69) is 33.9 Å². The van der Waals surface area contributed by atoms with Gasteiger partial charge in [0.2, 0.25) is 0 Å². The molecule has 1 atom stereocenters. The summed E-state index contributed by atoms with van der Waals surface area (Å²) in [6.07, 6.45) is -0.887. The van der Waals surface area contributed by atoms with Crippen molar-refractivity contribution in [2.75, 3.05) is 6.61 Å². The number of halogens is 2. The van der Waals surface area contributed by atoms with Crippen LogP contribution in [0.15, 0.2) is 42.5 Å². The van der Waals surface area contributed by atoms with Crippen molar-refractivity contribution in [3.8, 4) is 5.75 Å². The molecule has 0 aliphatic heterocycles. The Morgan fingerprint density at radius 3 is 2.11 bits per heavy atom. The predicted molar refractivity (Wildman–Crippen MR) is 115 cm³/mol. The van der Waals surface area contributed by atoms with E-state index in [1.807, 2.05) is 30.3 Å². The fraction of sp³-hybridized carbons (Fsp3) is 0.429. The fourth-order valence-corrected chi connectivity index (χ4v) is 4.02. The van der Waals surface area contributed by atoms with E-state index in [0.29, 0.717) is 28.0 Å². The third-order valence-corrected chi connectivity index (χ3v) is 10.2. The van der Waals surface area contributed by atoms with Crippen molar-refractivity contribution in [2.45, 2.75) is 51.6 Å². The van der Waals surface area contributed by atoms with E-state index in [4.69, 9.17) is 32.4 Å². The molecule has 0 radical (unpaired) electrons. The number of aliphatic hydroxyl groups excluding tert-OH is 1. The predicted octanol–water partition coefficient (Wildman–Crippen LogP) is 6.63. The third-order valence-electron chi connectivity index (χ3n) is 5.04. The Bertz CT molecular complexity index is 735. The van der Waals surface area contributed by atoms with Gasteiger partial charge < -0.3 is 14.3 Å². The molecule has 0 bridgehead atoms. The van der Waals surface area contributed by atoms with E-state index < -0.39 is 14.4 Å². The van der Waals surface area contributed by atoms with Gasteiger partial charge in [-0.25, -0.2) is 0 Å². The quantitative estimate of drug-likeness (QED) is 0.504. The molecular formula is C21H28Cl2O3Si. The highest BCUT2D eigenvalue weighted by Gasteiger charge is 2.37. The number of benzene rings is 2. The lowest BCUT2D eigenvalue weighted by Gasteiger charge is -2.36. The van der Waals surface area contributed by atoms with Crippen molar-refractivity contribution in [1.82, 2.24) is 0 Å². The van der Waals surface area contributed by atoms with Crippen LogP contribution >= 0.6 is 23.2 Å². The fourth-order valence-electron chi connectivity index (χ4n) is 2.29. The summed E-state index contributed by atoms with van der Waals surface area (Å²) in [5, 5.41) is 11.4. The summed E-state index contributed by atoms with van der Waals surface area (Å²) >= 11 is 12.8. The first-order chi connectivity index (χ1) is 12.5. The van der Waals surface area contributed by atoms with Crippen LogP contribution < -0.4 is 4.74 Å². The zero-order chi connectivity index (χ0) is 20.2. The number of hydrogen-bond acceptors (Lipinski definition) is 3. The Morgan fingerprint density at radius 2 is 1.59 bits per heavy atom. The van der Waals surface area contributed by atoms with Gasteiger partial charge in [0.25, 0.3) is 0 Å². The van der Waals surface area contributed by atoms with Crippen molar-refractivity contribution >= 4 is 31.5 Å². The van der Waals surface area contributed by atoms with Crippen molar-refractivity contribution < 1.29 is 14.3 Å². The second-order valence-electron chi connectivity index (χ2n) is 8.16. The Hall–Kier alpha value is -1.04. The molecule has 0 aromatic heterocycles. The summed E-state index contributed by atoms with van der Waals surface area (Å²) in [6.45, 7) is 11.3. The molecule has 0 spiro atoms. The molecule has 2 aromatic rings. The molecule has 1 N–H and O–H groups in total. The van der Waals surface area contributed by atoms with Gasteiger partial charge >= 0.3 is 0 Å². The Labute approximate surface area is 173 Å². The highest BCUT2D eigenvalue weighted by Crippen LogP contribution is 2.39. The van der Waals surface area contributed by atoms with E-state index in [0.717, 1.165) is 5.56 Å². The van der Waals surface area contributed by atoms with E-state index in [-0.39, 0.29) is 11.6 Å². The Morgan fingerprint density at radius 1 is 1.04 bits per heavy atom. The maximum absolute atomic E-state index is 10.6. The zero-order valence-corrected chi connectivity index (χ0v) is 19.1. The van der Waals surface area contributed by atoms with Crippen molar-refractivity contribution in [3.05, 3.63) is 63.6 Å². The molecule has 0 fully saturated rings. The molecule has 0 heterocycles. The first-order valence-electron chi connectivity index (χ1n) is 8.99. The Kier molecular flexibility index (Phi) is 7.39. The van der Waals surface area contributed by atoms with Gasteiger partial charge in [-0.15, -0.1) is 0 Å².